The number of hydrogen-bond acceptors (Lipinski definition) is 4. The van der Waals surface area contributed by atoms with E-state index in [0.717, 1.165) is 22.2 Å². The fourth-order valence-corrected chi connectivity index (χ4v) is 5.16. The van der Waals surface area contributed by atoms with Gasteiger partial charge in [-0.15, -0.1) is 0 Å². The molecule has 0 fully saturated rings. The summed E-state index contributed by atoms with van der Waals surface area (Å²) in [4.78, 5) is 16.6. The van der Waals surface area contributed by atoms with Crippen molar-refractivity contribution in [3.63, 3.8) is 0 Å². The molecule has 0 spiro atoms. The van der Waals surface area contributed by atoms with E-state index in [1.165, 1.54) is 0 Å². The molecule has 0 saturated heterocycles. The van der Waals surface area contributed by atoms with Crippen LogP contribution >= 0.6 is 23.8 Å². The van der Waals surface area contributed by atoms with Crippen LogP contribution < -0.4 is 10.9 Å². The monoisotopic (exact) mass is 524 g/mol. The number of para-hydroxylation sites is 1. The molecule has 6 nitrogen and oxygen atoms in total. The van der Waals surface area contributed by atoms with Crippen LogP contribution in [-0.4, -0.2) is 20.8 Å². The summed E-state index contributed by atoms with van der Waals surface area (Å²) >= 11 is 12.2. The standard InChI is InChI=1S/C29H21ClN4O2S/c30-19-13-14-22-21(16-19)26(18-8-3-1-4-9-18)27(28(35)32-22)23-17-24(25-12-7-15-36-25)34(33-23)29(37)31-20-10-5-2-6-11-20/h1-16,24H,17H2,(H,31,37)(H,32,35). The normalized spacial score (nSPS) is 15.1. The molecule has 1 unspecified atom stereocenters. The average Bonchev–Trinajstić information content (AvgIpc) is 3.60. The number of rotatable bonds is 4. The van der Waals surface area contributed by atoms with Gasteiger partial charge in [-0.2, -0.15) is 5.10 Å². The number of nitrogens with zero attached hydrogens (tertiary/aromatic N) is 2. The summed E-state index contributed by atoms with van der Waals surface area (Å²) in [6.07, 6.45) is 2.05. The Morgan fingerprint density at radius 2 is 1.76 bits per heavy atom. The molecule has 3 heterocycles. The van der Waals surface area contributed by atoms with E-state index in [9.17, 15) is 4.79 Å². The number of pyridine rings is 1. The molecular weight excluding hydrogens is 504 g/mol. The summed E-state index contributed by atoms with van der Waals surface area (Å²) in [7, 11) is 0. The summed E-state index contributed by atoms with van der Waals surface area (Å²) in [5.74, 6) is 0.706. The first-order chi connectivity index (χ1) is 18.1. The van der Waals surface area contributed by atoms with E-state index in [1.807, 2.05) is 84.9 Å². The molecule has 0 radical (unpaired) electrons. The molecule has 2 aromatic heterocycles. The zero-order chi connectivity index (χ0) is 25.4. The lowest BCUT2D eigenvalue weighted by Crippen LogP contribution is -2.30. The number of anilines is 1. The second-order valence-corrected chi connectivity index (χ2v) is 9.51. The lowest BCUT2D eigenvalue weighted by Gasteiger charge is -2.23. The first-order valence-corrected chi connectivity index (χ1v) is 12.5. The largest absolute Gasteiger partial charge is 0.467 e. The number of thiocarbonyl (C=S) groups is 1. The lowest BCUT2D eigenvalue weighted by atomic mass is 9.92. The maximum Gasteiger partial charge on any atom is 0.258 e. The minimum Gasteiger partial charge on any atom is -0.467 e. The van der Waals surface area contributed by atoms with Crippen LogP contribution in [0, 0.1) is 0 Å². The van der Waals surface area contributed by atoms with E-state index in [1.54, 1.807) is 17.3 Å². The third kappa shape index (κ3) is 4.43. The molecule has 0 aliphatic carbocycles. The number of aromatic amines is 1. The van der Waals surface area contributed by atoms with Gasteiger partial charge in [-0.1, -0.05) is 60.1 Å². The van der Waals surface area contributed by atoms with Gasteiger partial charge in [-0.25, -0.2) is 5.01 Å². The van der Waals surface area contributed by atoms with Gasteiger partial charge in [0.05, 0.1) is 17.5 Å². The number of halogens is 1. The van der Waals surface area contributed by atoms with E-state index >= 15 is 0 Å². The van der Waals surface area contributed by atoms with Crippen molar-refractivity contribution in [1.29, 1.82) is 0 Å². The summed E-state index contributed by atoms with van der Waals surface area (Å²) in [6, 6.07) is 28.3. The second kappa shape index (κ2) is 9.69. The Hall–Kier alpha value is -4.20. The summed E-state index contributed by atoms with van der Waals surface area (Å²) in [6.45, 7) is 0. The van der Waals surface area contributed by atoms with Crippen molar-refractivity contribution in [2.45, 2.75) is 12.5 Å². The predicted molar refractivity (Wildman–Crippen MR) is 152 cm³/mol. The highest BCUT2D eigenvalue weighted by Gasteiger charge is 2.35. The van der Waals surface area contributed by atoms with Crippen LogP contribution in [0.25, 0.3) is 22.0 Å². The maximum atomic E-state index is 13.6. The lowest BCUT2D eigenvalue weighted by molar-refractivity contribution is 0.318. The number of hydrazone groups is 1. The van der Waals surface area contributed by atoms with Crippen molar-refractivity contribution in [2.24, 2.45) is 5.10 Å². The highest BCUT2D eigenvalue weighted by Crippen LogP contribution is 2.37. The molecule has 1 atom stereocenters. The number of hydrogen-bond donors (Lipinski definition) is 2. The molecule has 3 aromatic carbocycles. The van der Waals surface area contributed by atoms with E-state index in [2.05, 4.69) is 10.3 Å². The smallest absolute Gasteiger partial charge is 0.258 e. The van der Waals surface area contributed by atoms with Crippen molar-refractivity contribution in [2.75, 3.05) is 5.32 Å². The third-order valence-corrected chi connectivity index (χ3v) is 6.87. The van der Waals surface area contributed by atoms with Gasteiger partial charge in [0.2, 0.25) is 0 Å². The van der Waals surface area contributed by atoms with Gasteiger partial charge in [0.25, 0.3) is 5.56 Å². The number of aromatic nitrogens is 1. The molecular formula is C29H21ClN4O2S. The summed E-state index contributed by atoms with van der Waals surface area (Å²) in [5, 5.41) is 11.7. The van der Waals surface area contributed by atoms with E-state index in [-0.39, 0.29) is 11.6 Å². The van der Waals surface area contributed by atoms with Crippen molar-refractivity contribution < 1.29 is 4.42 Å². The molecule has 0 amide bonds. The average molecular weight is 525 g/mol. The number of nitrogens with one attached hydrogen (secondary N) is 2. The molecule has 1 aliphatic rings. The number of benzene rings is 3. The first-order valence-electron chi connectivity index (χ1n) is 11.8. The van der Waals surface area contributed by atoms with Gasteiger partial charge >= 0.3 is 0 Å². The van der Waals surface area contributed by atoms with Crippen LogP contribution in [0.5, 0.6) is 0 Å². The second-order valence-electron chi connectivity index (χ2n) is 8.68. The highest BCUT2D eigenvalue weighted by atomic mass is 35.5. The van der Waals surface area contributed by atoms with E-state index in [4.69, 9.17) is 33.3 Å². The quantitative estimate of drug-likeness (QED) is 0.248. The summed E-state index contributed by atoms with van der Waals surface area (Å²) in [5.41, 5.74) is 4.10. The van der Waals surface area contributed by atoms with Gasteiger partial charge < -0.3 is 14.7 Å². The van der Waals surface area contributed by atoms with Crippen LogP contribution in [-0.2, 0) is 0 Å². The van der Waals surface area contributed by atoms with Crippen LogP contribution in [0.4, 0.5) is 5.69 Å². The topological polar surface area (TPSA) is 73.6 Å². The van der Waals surface area contributed by atoms with Crippen LogP contribution in [0.2, 0.25) is 5.02 Å². The molecule has 8 heteroatoms. The molecule has 0 bridgehead atoms. The van der Waals surface area contributed by atoms with Crippen molar-refractivity contribution in [1.82, 2.24) is 9.99 Å². The van der Waals surface area contributed by atoms with Gasteiger partial charge in [-0.05, 0) is 60.2 Å². The zero-order valence-electron chi connectivity index (χ0n) is 19.5. The van der Waals surface area contributed by atoms with Crippen molar-refractivity contribution in [3.05, 3.63) is 124 Å². The van der Waals surface area contributed by atoms with Crippen LogP contribution in [0.15, 0.2) is 112 Å². The Bertz CT molecular complexity index is 1680. The highest BCUT2D eigenvalue weighted by molar-refractivity contribution is 7.80. The third-order valence-electron chi connectivity index (χ3n) is 6.34. The van der Waals surface area contributed by atoms with Gasteiger partial charge in [0.1, 0.15) is 11.8 Å². The Balaban J connectivity index is 1.52. The van der Waals surface area contributed by atoms with E-state index in [0.29, 0.717) is 39.1 Å². The predicted octanol–water partition coefficient (Wildman–Crippen LogP) is 6.99. The Morgan fingerprint density at radius 3 is 2.49 bits per heavy atom. The van der Waals surface area contributed by atoms with Gasteiger partial charge in [-0.3, -0.25) is 4.79 Å². The molecule has 6 rings (SSSR count). The number of H-pyrrole nitrogens is 1. The van der Waals surface area contributed by atoms with Gasteiger partial charge in [0.15, 0.2) is 5.11 Å². The first kappa shape index (κ1) is 23.2. The molecule has 1 aliphatic heterocycles. The molecule has 2 N–H and O–H groups in total. The Morgan fingerprint density at radius 1 is 1.00 bits per heavy atom. The SMILES string of the molecule is O=c1[nH]c2ccc(Cl)cc2c(-c2ccccc2)c1C1=NN(C(=S)Nc2ccccc2)C(c2ccco2)C1. The maximum absolute atomic E-state index is 13.6. The van der Waals surface area contributed by atoms with E-state index < -0.39 is 0 Å². The Labute approximate surface area is 223 Å². The molecule has 5 aromatic rings. The minimum atomic E-state index is -0.313. The van der Waals surface area contributed by atoms with Gasteiger partial charge in [0, 0.05) is 33.6 Å². The minimum absolute atomic E-state index is 0.227. The number of furan rings is 1. The van der Waals surface area contributed by atoms with Crippen molar-refractivity contribution in [3.8, 4) is 11.1 Å². The van der Waals surface area contributed by atoms with Crippen LogP contribution in [0.1, 0.15) is 23.8 Å². The molecule has 182 valence electrons. The molecule has 37 heavy (non-hydrogen) atoms. The Kier molecular flexibility index (Phi) is 6.08. The number of fused-ring (bicyclic) bond motifs is 1. The fourth-order valence-electron chi connectivity index (χ4n) is 4.70. The fraction of sp³-hybridized carbons (Fsp3) is 0.0690. The van der Waals surface area contributed by atoms with Crippen LogP contribution in [0.3, 0.4) is 0 Å². The zero-order valence-corrected chi connectivity index (χ0v) is 21.1. The van der Waals surface area contributed by atoms with Crippen molar-refractivity contribution >= 4 is 51.2 Å². The summed E-state index contributed by atoms with van der Waals surface area (Å²) < 4.78 is 5.76. The molecule has 0 saturated carbocycles.